The normalized spacial score (nSPS) is 12.4. The molecule has 0 bridgehead atoms. The SMILES string of the molecule is CC[C@@H](C)c1nc2ccc(Br)cc2c(=O)n1N=Cc1ccccc1OCc1ccc(Cl)cc1Cl. The number of benzene rings is 3. The lowest BCUT2D eigenvalue weighted by molar-refractivity contribution is 0.306. The zero-order chi connectivity index (χ0) is 24.2. The van der Waals surface area contributed by atoms with E-state index in [0.29, 0.717) is 32.5 Å². The fraction of sp³-hybridized carbons (Fsp3) is 0.192. The van der Waals surface area contributed by atoms with Gasteiger partial charge in [-0.1, -0.05) is 71.2 Å². The largest absolute Gasteiger partial charge is 0.488 e. The molecular weight excluding hydrogens is 537 g/mol. The number of hydrogen-bond acceptors (Lipinski definition) is 4. The van der Waals surface area contributed by atoms with E-state index in [0.717, 1.165) is 22.0 Å². The highest BCUT2D eigenvalue weighted by Crippen LogP contribution is 2.25. The number of nitrogens with zero attached hydrogens (tertiary/aromatic N) is 3. The van der Waals surface area contributed by atoms with Crippen molar-refractivity contribution in [2.24, 2.45) is 5.10 Å². The maximum absolute atomic E-state index is 13.3. The van der Waals surface area contributed by atoms with Gasteiger partial charge in [-0.05, 0) is 48.9 Å². The van der Waals surface area contributed by atoms with Gasteiger partial charge in [0, 0.05) is 31.6 Å². The second-order valence-corrected chi connectivity index (χ2v) is 9.62. The zero-order valence-corrected chi connectivity index (χ0v) is 21.7. The summed E-state index contributed by atoms with van der Waals surface area (Å²) in [5.74, 6) is 1.29. The van der Waals surface area contributed by atoms with E-state index >= 15 is 0 Å². The van der Waals surface area contributed by atoms with Crippen LogP contribution in [0.5, 0.6) is 5.75 Å². The summed E-state index contributed by atoms with van der Waals surface area (Å²) in [5, 5.41) is 6.16. The van der Waals surface area contributed by atoms with Crippen molar-refractivity contribution in [1.29, 1.82) is 0 Å². The summed E-state index contributed by atoms with van der Waals surface area (Å²) >= 11 is 15.7. The first-order valence-corrected chi connectivity index (χ1v) is 12.3. The van der Waals surface area contributed by atoms with Crippen molar-refractivity contribution in [2.75, 3.05) is 0 Å². The van der Waals surface area contributed by atoms with Gasteiger partial charge in [-0.2, -0.15) is 9.78 Å². The first-order chi connectivity index (χ1) is 16.4. The predicted octanol–water partition coefficient (Wildman–Crippen LogP) is 7.44. The Hall–Kier alpha value is -2.67. The molecule has 0 fully saturated rings. The molecular formula is C26H22BrCl2N3O2. The first-order valence-electron chi connectivity index (χ1n) is 10.8. The van der Waals surface area contributed by atoms with Crippen molar-refractivity contribution in [3.05, 3.63) is 102 Å². The minimum Gasteiger partial charge on any atom is -0.488 e. The number of fused-ring (bicyclic) bond motifs is 1. The smallest absolute Gasteiger partial charge is 0.282 e. The average molecular weight is 559 g/mol. The first kappa shape index (κ1) is 24.5. The van der Waals surface area contributed by atoms with Crippen LogP contribution in [0.3, 0.4) is 0 Å². The molecule has 0 aliphatic rings. The van der Waals surface area contributed by atoms with E-state index in [2.05, 4.69) is 28.0 Å². The molecule has 1 heterocycles. The van der Waals surface area contributed by atoms with Crippen molar-refractivity contribution in [3.63, 3.8) is 0 Å². The van der Waals surface area contributed by atoms with Gasteiger partial charge in [0.15, 0.2) is 0 Å². The van der Waals surface area contributed by atoms with Gasteiger partial charge in [-0.25, -0.2) is 4.98 Å². The summed E-state index contributed by atoms with van der Waals surface area (Å²) in [5.41, 5.74) is 1.98. The Morgan fingerprint density at radius 1 is 1.15 bits per heavy atom. The van der Waals surface area contributed by atoms with Gasteiger partial charge in [-0.15, -0.1) is 0 Å². The summed E-state index contributed by atoms with van der Waals surface area (Å²) in [6.07, 6.45) is 2.45. The van der Waals surface area contributed by atoms with Crippen LogP contribution in [-0.2, 0) is 6.61 Å². The van der Waals surface area contributed by atoms with Crippen LogP contribution in [0.2, 0.25) is 10.0 Å². The van der Waals surface area contributed by atoms with Crippen molar-refractivity contribution in [3.8, 4) is 5.75 Å². The van der Waals surface area contributed by atoms with Crippen LogP contribution >= 0.6 is 39.1 Å². The van der Waals surface area contributed by atoms with E-state index in [9.17, 15) is 4.79 Å². The summed E-state index contributed by atoms with van der Waals surface area (Å²) < 4.78 is 8.21. The van der Waals surface area contributed by atoms with Crippen LogP contribution < -0.4 is 10.3 Å². The summed E-state index contributed by atoms with van der Waals surface area (Å²) in [7, 11) is 0. The fourth-order valence-electron chi connectivity index (χ4n) is 3.41. The van der Waals surface area contributed by atoms with E-state index in [-0.39, 0.29) is 18.1 Å². The van der Waals surface area contributed by atoms with Gasteiger partial charge >= 0.3 is 0 Å². The maximum atomic E-state index is 13.3. The molecule has 3 aromatic carbocycles. The van der Waals surface area contributed by atoms with E-state index < -0.39 is 0 Å². The zero-order valence-electron chi connectivity index (χ0n) is 18.6. The molecule has 0 saturated carbocycles. The van der Waals surface area contributed by atoms with E-state index in [1.54, 1.807) is 24.4 Å². The van der Waals surface area contributed by atoms with Crippen LogP contribution in [0.4, 0.5) is 0 Å². The lowest BCUT2D eigenvalue weighted by Crippen LogP contribution is -2.23. The van der Waals surface area contributed by atoms with Gasteiger partial charge in [0.2, 0.25) is 0 Å². The monoisotopic (exact) mass is 557 g/mol. The molecule has 4 rings (SSSR count). The van der Waals surface area contributed by atoms with Gasteiger partial charge in [-0.3, -0.25) is 4.79 Å². The second-order valence-electron chi connectivity index (χ2n) is 7.86. The molecule has 4 aromatic rings. The van der Waals surface area contributed by atoms with Crippen LogP contribution in [0.1, 0.15) is 43.1 Å². The third-order valence-electron chi connectivity index (χ3n) is 5.52. The number of halogens is 3. The molecule has 34 heavy (non-hydrogen) atoms. The Morgan fingerprint density at radius 2 is 1.94 bits per heavy atom. The quantitative estimate of drug-likeness (QED) is 0.221. The van der Waals surface area contributed by atoms with Crippen molar-refractivity contribution in [2.45, 2.75) is 32.8 Å². The van der Waals surface area contributed by atoms with Crippen LogP contribution in [0, 0.1) is 0 Å². The molecule has 174 valence electrons. The number of hydrogen-bond donors (Lipinski definition) is 0. The molecule has 0 radical (unpaired) electrons. The number of para-hydroxylation sites is 1. The average Bonchev–Trinajstić information content (AvgIpc) is 2.83. The Bertz CT molecular complexity index is 1440. The molecule has 0 aliphatic carbocycles. The van der Waals surface area contributed by atoms with Gasteiger partial charge in [0.1, 0.15) is 18.2 Å². The Labute approximate surface area is 216 Å². The van der Waals surface area contributed by atoms with E-state index in [4.69, 9.17) is 32.9 Å². The van der Waals surface area contributed by atoms with Crippen molar-refractivity contribution >= 4 is 56.2 Å². The van der Waals surface area contributed by atoms with E-state index in [1.165, 1.54) is 4.68 Å². The maximum Gasteiger partial charge on any atom is 0.282 e. The minimum atomic E-state index is -0.218. The molecule has 8 heteroatoms. The van der Waals surface area contributed by atoms with Crippen LogP contribution in [0.15, 0.2) is 75.0 Å². The van der Waals surface area contributed by atoms with Gasteiger partial charge < -0.3 is 4.74 Å². The molecule has 0 unspecified atom stereocenters. The molecule has 0 saturated heterocycles. The number of aromatic nitrogens is 2. The summed E-state index contributed by atoms with van der Waals surface area (Å²) in [4.78, 5) is 18.1. The lowest BCUT2D eigenvalue weighted by atomic mass is 10.1. The Balaban J connectivity index is 1.70. The molecule has 5 nitrogen and oxygen atoms in total. The molecule has 0 aliphatic heterocycles. The second kappa shape index (κ2) is 10.7. The molecule has 0 amide bonds. The predicted molar refractivity (Wildman–Crippen MR) is 143 cm³/mol. The summed E-state index contributed by atoms with van der Waals surface area (Å²) in [6, 6.07) is 18.3. The Kier molecular flexibility index (Phi) is 7.71. The lowest BCUT2D eigenvalue weighted by Gasteiger charge is -2.14. The number of ether oxygens (including phenoxy) is 1. The molecule has 0 spiro atoms. The summed E-state index contributed by atoms with van der Waals surface area (Å²) in [6.45, 7) is 4.36. The topological polar surface area (TPSA) is 56.5 Å². The number of rotatable bonds is 7. The van der Waals surface area contributed by atoms with Crippen molar-refractivity contribution in [1.82, 2.24) is 9.66 Å². The molecule has 1 atom stereocenters. The fourth-order valence-corrected chi connectivity index (χ4v) is 4.24. The standard InChI is InChI=1S/C26H22BrCl2N3O2/c1-3-16(2)25-31-23-11-9-19(27)12-21(23)26(33)32(25)30-14-17-6-4-5-7-24(17)34-15-18-8-10-20(28)13-22(18)29/h4-14,16H,3,15H2,1-2H3/t16-/m1/s1. The van der Waals surface area contributed by atoms with Crippen molar-refractivity contribution < 1.29 is 4.74 Å². The highest BCUT2D eigenvalue weighted by molar-refractivity contribution is 9.10. The molecule has 1 aromatic heterocycles. The highest BCUT2D eigenvalue weighted by Gasteiger charge is 2.16. The minimum absolute atomic E-state index is 0.0523. The van der Waals surface area contributed by atoms with E-state index in [1.807, 2.05) is 49.4 Å². The molecule has 0 N–H and O–H groups in total. The third kappa shape index (κ3) is 5.35. The van der Waals surface area contributed by atoms with Crippen LogP contribution in [0.25, 0.3) is 10.9 Å². The van der Waals surface area contributed by atoms with Crippen LogP contribution in [-0.4, -0.2) is 15.9 Å². The van der Waals surface area contributed by atoms with Gasteiger partial charge in [0.25, 0.3) is 5.56 Å². The Morgan fingerprint density at radius 3 is 2.71 bits per heavy atom. The third-order valence-corrected chi connectivity index (χ3v) is 6.60. The highest BCUT2D eigenvalue weighted by atomic mass is 79.9. The van der Waals surface area contributed by atoms with Gasteiger partial charge in [0.05, 0.1) is 17.1 Å².